The van der Waals surface area contributed by atoms with Crippen LogP contribution in [0, 0.1) is 6.92 Å². The second-order valence-corrected chi connectivity index (χ2v) is 2.21. The standard InChI is InChI=1S/C7H11N3/c1-4-7(3)10-8-5-6(2)9-10/h4-5H,1-3H3/b7-4-. The number of rotatable bonds is 1. The fraction of sp³-hybridized carbons (Fsp3) is 0.429. The van der Waals surface area contributed by atoms with Crippen molar-refractivity contribution in [3.05, 3.63) is 18.0 Å². The van der Waals surface area contributed by atoms with E-state index in [-0.39, 0.29) is 0 Å². The van der Waals surface area contributed by atoms with E-state index in [0.717, 1.165) is 11.4 Å². The molecule has 0 aliphatic rings. The summed E-state index contributed by atoms with van der Waals surface area (Å²) >= 11 is 0. The second kappa shape index (κ2) is 2.64. The molecule has 10 heavy (non-hydrogen) atoms. The van der Waals surface area contributed by atoms with Crippen molar-refractivity contribution >= 4 is 5.70 Å². The van der Waals surface area contributed by atoms with E-state index in [0.29, 0.717) is 0 Å². The van der Waals surface area contributed by atoms with Crippen LogP contribution in [-0.4, -0.2) is 15.0 Å². The average Bonchev–Trinajstić information content (AvgIpc) is 2.34. The molecule has 0 aliphatic carbocycles. The molecule has 0 amide bonds. The zero-order valence-corrected chi connectivity index (χ0v) is 6.50. The fourth-order valence-corrected chi connectivity index (χ4v) is 0.625. The molecule has 0 saturated heterocycles. The fourth-order valence-electron chi connectivity index (χ4n) is 0.625. The van der Waals surface area contributed by atoms with E-state index in [9.17, 15) is 0 Å². The Bertz CT molecular complexity index is 247. The van der Waals surface area contributed by atoms with Gasteiger partial charge in [-0.05, 0) is 20.8 Å². The van der Waals surface area contributed by atoms with Crippen LogP contribution in [0.2, 0.25) is 0 Å². The number of hydrogen-bond acceptors (Lipinski definition) is 2. The Morgan fingerprint density at radius 2 is 2.40 bits per heavy atom. The Morgan fingerprint density at radius 1 is 1.70 bits per heavy atom. The summed E-state index contributed by atoms with van der Waals surface area (Å²) in [5, 5.41) is 8.14. The third kappa shape index (κ3) is 1.23. The van der Waals surface area contributed by atoms with Gasteiger partial charge >= 0.3 is 0 Å². The van der Waals surface area contributed by atoms with Crippen molar-refractivity contribution in [2.45, 2.75) is 20.8 Å². The van der Waals surface area contributed by atoms with Gasteiger partial charge in [-0.25, -0.2) is 0 Å². The third-order valence-corrected chi connectivity index (χ3v) is 1.34. The van der Waals surface area contributed by atoms with Crippen molar-refractivity contribution in [1.29, 1.82) is 0 Å². The van der Waals surface area contributed by atoms with Gasteiger partial charge in [-0.2, -0.15) is 15.0 Å². The van der Waals surface area contributed by atoms with Gasteiger partial charge in [-0.3, -0.25) is 0 Å². The SMILES string of the molecule is C/C=C(/C)n1ncc(C)n1. The minimum Gasteiger partial charge on any atom is -0.157 e. The predicted octanol–water partition coefficient (Wildman–Crippen LogP) is 1.47. The molecule has 0 saturated carbocycles. The molecule has 0 radical (unpaired) electrons. The predicted molar refractivity (Wildman–Crippen MR) is 40.4 cm³/mol. The van der Waals surface area contributed by atoms with E-state index in [2.05, 4.69) is 10.2 Å². The van der Waals surface area contributed by atoms with Gasteiger partial charge in [0, 0.05) is 0 Å². The van der Waals surface area contributed by atoms with Crippen molar-refractivity contribution in [3.63, 3.8) is 0 Å². The molecule has 54 valence electrons. The molecule has 1 aromatic heterocycles. The normalized spacial score (nSPS) is 12.1. The quantitative estimate of drug-likeness (QED) is 0.586. The van der Waals surface area contributed by atoms with Gasteiger partial charge < -0.3 is 0 Å². The number of hydrogen-bond donors (Lipinski definition) is 0. The summed E-state index contributed by atoms with van der Waals surface area (Å²) in [6.07, 6.45) is 3.71. The van der Waals surface area contributed by atoms with Gasteiger partial charge in [-0.15, -0.1) is 0 Å². The number of aromatic nitrogens is 3. The molecule has 0 N–H and O–H groups in total. The lowest BCUT2D eigenvalue weighted by molar-refractivity contribution is 0.758. The van der Waals surface area contributed by atoms with Gasteiger partial charge in [-0.1, -0.05) is 6.08 Å². The summed E-state index contributed by atoms with van der Waals surface area (Å²) in [6.45, 7) is 5.86. The second-order valence-electron chi connectivity index (χ2n) is 2.21. The smallest absolute Gasteiger partial charge is 0.0800 e. The topological polar surface area (TPSA) is 30.7 Å². The number of allylic oxidation sites excluding steroid dienone is 2. The van der Waals surface area contributed by atoms with Gasteiger partial charge in [0.25, 0.3) is 0 Å². The average molecular weight is 137 g/mol. The molecule has 0 spiro atoms. The summed E-state index contributed by atoms with van der Waals surface area (Å²) in [5.41, 5.74) is 1.99. The van der Waals surface area contributed by atoms with Crippen LogP contribution in [0.15, 0.2) is 12.3 Å². The van der Waals surface area contributed by atoms with Crippen LogP contribution >= 0.6 is 0 Å². The molecule has 0 bridgehead atoms. The summed E-state index contributed by atoms with van der Waals surface area (Å²) in [5.74, 6) is 0. The molecule has 3 nitrogen and oxygen atoms in total. The number of aryl methyl sites for hydroxylation is 1. The van der Waals surface area contributed by atoms with Crippen molar-refractivity contribution in [1.82, 2.24) is 15.0 Å². The van der Waals surface area contributed by atoms with Gasteiger partial charge in [0.05, 0.1) is 17.6 Å². The van der Waals surface area contributed by atoms with Crippen LogP contribution in [0.5, 0.6) is 0 Å². The van der Waals surface area contributed by atoms with Crippen LogP contribution in [0.25, 0.3) is 5.70 Å². The molecule has 1 aromatic rings. The molecule has 1 heterocycles. The highest BCUT2D eigenvalue weighted by molar-refractivity contribution is 5.37. The lowest BCUT2D eigenvalue weighted by Gasteiger charge is -1.94. The van der Waals surface area contributed by atoms with Crippen molar-refractivity contribution in [3.8, 4) is 0 Å². The lowest BCUT2D eigenvalue weighted by atomic mass is 10.5. The molecule has 1 rings (SSSR count). The van der Waals surface area contributed by atoms with Crippen LogP contribution in [-0.2, 0) is 0 Å². The van der Waals surface area contributed by atoms with Gasteiger partial charge in [0.15, 0.2) is 0 Å². The summed E-state index contributed by atoms with van der Waals surface area (Å²) < 4.78 is 0. The van der Waals surface area contributed by atoms with E-state index in [1.54, 1.807) is 11.0 Å². The molecule has 0 unspecified atom stereocenters. The summed E-state index contributed by atoms with van der Waals surface area (Å²) in [6, 6.07) is 0. The Kier molecular flexibility index (Phi) is 1.85. The van der Waals surface area contributed by atoms with Crippen LogP contribution in [0.4, 0.5) is 0 Å². The first-order valence-electron chi connectivity index (χ1n) is 3.26. The third-order valence-electron chi connectivity index (χ3n) is 1.34. The Labute approximate surface area is 60.4 Å². The first-order valence-corrected chi connectivity index (χ1v) is 3.26. The summed E-state index contributed by atoms with van der Waals surface area (Å²) in [4.78, 5) is 1.62. The highest BCUT2D eigenvalue weighted by atomic mass is 15.5. The van der Waals surface area contributed by atoms with Crippen molar-refractivity contribution in [2.24, 2.45) is 0 Å². The molecule has 0 aromatic carbocycles. The molecule has 0 fully saturated rings. The summed E-state index contributed by atoms with van der Waals surface area (Å²) in [7, 11) is 0. The highest BCUT2D eigenvalue weighted by Crippen LogP contribution is 1.98. The largest absolute Gasteiger partial charge is 0.157 e. The van der Waals surface area contributed by atoms with Crippen LogP contribution in [0.1, 0.15) is 19.5 Å². The molecular formula is C7H11N3. The molecule has 3 heteroatoms. The molecular weight excluding hydrogens is 126 g/mol. The number of nitrogens with zero attached hydrogens (tertiary/aromatic N) is 3. The first kappa shape index (κ1) is 6.99. The maximum Gasteiger partial charge on any atom is 0.0800 e. The minimum absolute atomic E-state index is 0.946. The van der Waals surface area contributed by atoms with Crippen LogP contribution < -0.4 is 0 Å². The lowest BCUT2D eigenvalue weighted by Crippen LogP contribution is -1.97. The Hall–Kier alpha value is -1.12. The Morgan fingerprint density at radius 3 is 2.80 bits per heavy atom. The van der Waals surface area contributed by atoms with Gasteiger partial charge in [0.2, 0.25) is 0 Å². The maximum absolute atomic E-state index is 4.12. The van der Waals surface area contributed by atoms with Crippen molar-refractivity contribution in [2.75, 3.05) is 0 Å². The van der Waals surface area contributed by atoms with E-state index in [4.69, 9.17) is 0 Å². The van der Waals surface area contributed by atoms with E-state index in [1.807, 2.05) is 26.8 Å². The van der Waals surface area contributed by atoms with Gasteiger partial charge in [0.1, 0.15) is 0 Å². The minimum atomic E-state index is 0.946. The zero-order chi connectivity index (χ0) is 7.56. The van der Waals surface area contributed by atoms with E-state index < -0.39 is 0 Å². The first-order chi connectivity index (χ1) is 4.74. The van der Waals surface area contributed by atoms with E-state index in [1.165, 1.54) is 0 Å². The maximum atomic E-state index is 4.12. The van der Waals surface area contributed by atoms with E-state index >= 15 is 0 Å². The zero-order valence-electron chi connectivity index (χ0n) is 6.50. The molecule has 0 aliphatic heterocycles. The highest BCUT2D eigenvalue weighted by Gasteiger charge is 1.94. The monoisotopic (exact) mass is 137 g/mol. The molecule has 0 atom stereocenters. The van der Waals surface area contributed by atoms with Crippen molar-refractivity contribution < 1.29 is 0 Å². The van der Waals surface area contributed by atoms with Crippen LogP contribution in [0.3, 0.4) is 0 Å². The Balaban J connectivity index is 2.95.